The van der Waals surface area contributed by atoms with Crippen LogP contribution in [0.4, 0.5) is 0 Å². The Morgan fingerprint density at radius 3 is 2.68 bits per heavy atom. The number of carbonyl (C=O) groups excluding carboxylic acids is 1. The number of thioether (sulfide) groups is 1. The first kappa shape index (κ1) is 13.9. The van der Waals surface area contributed by atoms with E-state index in [1.54, 1.807) is 11.8 Å². The predicted molar refractivity (Wildman–Crippen MR) is 82.6 cm³/mol. The second-order valence-electron chi connectivity index (χ2n) is 4.67. The predicted octanol–water partition coefficient (Wildman–Crippen LogP) is 3.85. The molecule has 0 saturated carbocycles. The first-order valence-corrected chi connectivity index (χ1v) is 7.58. The van der Waals surface area contributed by atoms with Crippen LogP contribution in [0.5, 0.6) is 0 Å². The Bertz CT molecular complexity index is 567. The fourth-order valence-electron chi connectivity index (χ4n) is 1.82. The maximum atomic E-state index is 11.7. The van der Waals surface area contributed by atoms with Gasteiger partial charge < -0.3 is 5.32 Å². The molecule has 0 aliphatic rings. The molecule has 0 bridgehead atoms. The average Bonchev–Trinajstić information content (AvgIpc) is 2.44. The van der Waals surface area contributed by atoms with Crippen molar-refractivity contribution in [3.8, 4) is 0 Å². The Labute approximate surface area is 118 Å². The van der Waals surface area contributed by atoms with Gasteiger partial charge in [0.2, 0.25) is 5.91 Å². The molecule has 2 nitrogen and oxygen atoms in total. The van der Waals surface area contributed by atoms with E-state index in [9.17, 15) is 4.79 Å². The molecule has 0 saturated heterocycles. The van der Waals surface area contributed by atoms with Gasteiger partial charge in [0.05, 0.1) is 5.75 Å². The number of rotatable bonds is 5. The Balaban J connectivity index is 1.96. The molecule has 3 heteroatoms. The molecule has 0 unspecified atom stereocenters. The van der Waals surface area contributed by atoms with Crippen LogP contribution in [-0.2, 0) is 4.79 Å². The zero-order valence-corrected chi connectivity index (χ0v) is 12.2. The molecule has 19 heavy (non-hydrogen) atoms. The molecule has 2 rings (SSSR count). The number of hydrogen-bond donors (Lipinski definition) is 1. The van der Waals surface area contributed by atoms with E-state index in [2.05, 4.69) is 42.6 Å². The van der Waals surface area contributed by atoms with E-state index in [0.29, 0.717) is 5.75 Å². The van der Waals surface area contributed by atoms with Crippen molar-refractivity contribution < 1.29 is 4.79 Å². The zero-order chi connectivity index (χ0) is 13.7. The highest BCUT2D eigenvalue weighted by Crippen LogP contribution is 2.23. The third-order valence-corrected chi connectivity index (χ3v) is 4.10. The normalized spacial score (nSPS) is 12.3. The van der Waals surface area contributed by atoms with Crippen molar-refractivity contribution in [1.82, 2.24) is 5.32 Å². The second kappa shape index (κ2) is 6.62. The van der Waals surface area contributed by atoms with E-state index in [1.807, 2.05) is 19.1 Å². The highest BCUT2D eigenvalue weighted by Gasteiger charge is 2.06. The highest BCUT2D eigenvalue weighted by molar-refractivity contribution is 8.00. The quantitative estimate of drug-likeness (QED) is 0.838. The van der Waals surface area contributed by atoms with Gasteiger partial charge in [0, 0.05) is 10.9 Å². The van der Waals surface area contributed by atoms with Gasteiger partial charge in [-0.3, -0.25) is 4.79 Å². The van der Waals surface area contributed by atoms with E-state index in [1.165, 1.54) is 10.8 Å². The summed E-state index contributed by atoms with van der Waals surface area (Å²) in [5.74, 6) is 0.579. The van der Waals surface area contributed by atoms with Crippen molar-refractivity contribution in [2.75, 3.05) is 5.75 Å². The molecule has 0 heterocycles. The number of benzene rings is 2. The van der Waals surface area contributed by atoms with Crippen molar-refractivity contribution >= 4 is 28.4 Å². The fourth-order valence-corrected chi connectivity index (χ4v) is 2.58. The summed E-state index contributed by atoms with van der Waals surface area (Å²) in [5, 5.41) is 5.43. The first-order chi connectivity index (χ1) is 9.19. The molecule has 0 aromatic heterocycles. The van der Waals surface area contributed by atoms with Crippen LogP contribution in [0.25, 0.3) is 10.8 Å². The summed E-state index contributed by atoms with van der Waals surface area (Å²) < 4.78 is 0. The van der Waals surface area contributed by atoms with Gasteiger partial charge in [-0.25, -0.2) is 0 Å². The first-order valence-electron chi connectivity index (χ1n) is 6.60. The SMILES string of the molecule is CC[C@H](C)NC(=O)CSc1ccc2ccccc2c1. The van der Waals surface area contributed by atoms with Gasteiger partial charge in [-0.15, -0.1) is 11.8 Å². The van der Waals surface area contributed by atoms with Gasteiger partial charge in [-0.05, 0) is 36.2 Å². The second-order valence-corrected chi connectivity index (χ2v) is 5.72. The summed E-state index contributed by atoms with van der Waals surface area (Å²) >= 11 is 1.58. The van der Waals surface area contributed by atoms with Crippen LogP contribution in [0.3, 0.4) is 0 Å². The number of amides is 1. The largest absolute Gasteiger partial charge is 0.353 e. The molecule has 1 atom stereocenters. The highest BCUT2D eigenvalue weighted by atomic mass is 32.2. The molecule has 100 valence electrons. The van der Waals surface area contributed by atoms with Crippen LogP contribution in [0.1, 0.15) is 20.3 Å². The van der Waals surface area contributed by atoms with Crippen molar-refractivity contribution in [2.24, 2.45) is 0 Å². The molecule has 0 aliphatic carbocycles. The summed E-state index contributed by atoms with van der Waals surface area (Å²) in [4.78, 5) is 12.9. The molecule has 2 aromatic rings. The van der Waals surface area contributed by atoms with E-state index in [0.717, 1.165) is 11.3 Å². The number of carbonyl (C=O) groups is 1. The minimum absolute atomic E-state index is 0.104. The molecular formula is C16H19NOS. The Kier molecular flexibility index (Phi) is 4.86. The monoisotopic (exact) mass is 273 g/mol. The van der Waals surface area contributed by atoms with Crippen LogP contribution in [0, 0.1) is 0 Å². The zero-order valence-electron chi connectivity index (χ0n) is 11.3. The Hall–Kier alpha value is -1.48. The van der Waals surface area contributed by atoms with Crippen molar-refractivity contribution in [3.05, 3.63) is 42.5 Å². The van der Waals surface area contributed by atoms with Gasteiger partial charge in [0.25, 0.3) is 0 Å². The molecule has 0 fully saturated rings. The molecule has 1 N–H and O–H groups in total. The van der Waals surface area contributed by atoms with Gasteiger partial charge in [-0.1, -0.05) is 37.3 Å². The lowest BCUT2D eigenvalue weighted by Gasteiger charge is -2.11. The minimum atomic E-state index is 0.104. The summed E-state index contributed by atoms with van der Waals surface area (Å²) in [5.41, 5.74) is 0. The van der Waals surface area contributed by atoms with Crippen molar-refractivity contribution in [2.45, 2.75) is 31.2 Å². The van der Waals surface area contributed by atoms with E-state index < -0.39 is 0 Å². The van der Waals surface area contributed by atoms with Crippen molar-refractivity contribution in [1.29, 1.82) is 0 Å². The molecule has 1 amide bonds. The molecule has 0 radical (unpaired) electrons. The van der Waals surface area contributed by atoms with Crippen LogP contribution < -0.4 is 5.32 Å². The third-order valence-electron chi connectivity index (χ3n) is 3.11. The van der Waals surface area contributed by atoms with Gasteiger partial charge in [0.1, 0.15) is 0 Å². The lowest BCUT2D eigenvalue weighted by Crippen LogP contribution is -2.33. The summed E-state index contributed by atoms with van der Waals surface area (Å²) in [6.07, 6.45) is 0.965. The lowest BCUT2D eigenvalue weighted by atomic mass is 10.1. The topological polar surface area (TPSA) is 29.1 Å². The van der Waals surface area contributed by atoms with Gasteiger partial charge in [-0.2, -0.15) is 0 Å². The van der Waals surface area contributed by atoms with E-state index >= 15 is 0 Å². The summed E-state index contributed by atoms with van der Waals surface area (Å²) in [6, 6.07) is 14.8. The van der Waals surface area contributed by atoms with Crippen LogP contribution in [-0.4, -0.2) is 17.7 Å². The minimum Gasteiger partial charge on any atom is -0.353 e. The molecule has 2 aromatic carbocycles. The van der Waals surface area contributed by atoms with Gasteiger partial charge in [0.15, 0.2) is 0 Å². The standard InChI is InChI=1S/C16H19NOS/c1-3-12(2)17-16(18)11-19-15-9-8-13-6-4-5-7-14(13)10-15/h4-10,12H,3,11H2,1-2H3,(H,17,18)/t12-/m0/s1. The summed E-state index contributed by atoms with van der Waals surface area (Å²) in [6.45, 7) is 4.10. The fraction of sp³-hybridized carbons (Fsp3) is 0.312. The van der Waals surface area contributed by atoms with E-state index in [4.69, 9.17) is 0 Å². The number of nitrogens with one attached hydrogen (secondary N) is 1. The van der Waals surface area contributed by atoms with Crippen LogP contribution in [0.2, 0.25) is 0 Å². The smallest absolute Gasteiger partial charge is 0.230 e. The third kappa shape index (κ3) is 4.00. The number of hydrogen-bond acceptors (Lipinski definition) is 2. The van der Waals surface area contributed by atoms with E-state index in [-0.39, 0.29) is 11.9 Å². The molecule has 0 spiro atoms. The Morgan fingerprint density at radius 1 is 1.21 bits per heavy atom. The van der Waals surface area contributed by atoms with Crippen LogP contribution >= 0.6 is 11.8 Å². The maximum absolute atomic E-state index is 11.7. The van der Waals surface area contributed by atoms with Crippen molar-refractivity contribution in [3.63, 3.8) is 0 Å². The van der Waals surface area contributed by atoms with Gasteiger partial charge >= 0.3 is 0 Å². The molecule has 0 aliphatic heterocycles. The van der Waals surface area contributed by atoms with Crippen LogP contribution in [0.15, 0.2) is 47.4 Å². The summed E-state index contributed by atoms with van der Waals surface area (Å²) in [7, 11) is 0. The average molecular weight is 273 g/mol. The maximum Gasteiger partial charge on any atom is 0.230 e. The Morgan fingerprint density at radius 2 is 1.95 bits per heavy atom. The molecular weight excluding hydrogens is 254 g/mol. The lowest BCUT2D eigenvalue weighted by molar-refractivity contribution is -0.119. The number of fused-ring (bicyclic) bond motifs is 1.